The molecule has 0 saturated carbocycles. The molecular weight excluding hydrogens is 252 g/mol. The molecule has 1 aromatic carbocycles. The molecule has 0 atom stereocenters. The van der Waals surface area contributed by atoms with Gasteiger partial charge in [-0.25, -0.2) is 9.97 Å². The van der Waals surface area contributed by atoms with Gasteiger partial charge in [-0.05, 0) is 17.9 Å². The molecule has 0 spiro atoms. The number of benzene rings is 1. The standard InChI is InChI=1S/C13H13ClN2S/c1-2-17-12-5-3-11(4-6-12)13-15-8-10(7-14)9-16-13/h3-6,8-9H,2,7H2,1H3. The Morgan fingerprint density at radius 3 is 2.29 bits per heavy atom. The summed E-state index contributed by atoms with van der Waals surface area (Å²) in [6.45, 7) is 2.15. The third-order valence-corrected chi connectivity index (χ3v) is 3.49. The Morgan fingerprint density at radius 2 is 1.76 bits per heavy atom. The highest BCUT2D eigenvalue weighted by Gasteiger charge is 2.01. The number of hydrogen-bond acceptors (Lipinski definition) is 3. The van der Waals surface area contributed by atoms with Crippen molar-refractivity contribution in [1.29, 1.82) is 0 Å². The fourth-order valence-electron chi connectivity index (χ4n) is 1.44. The molecule has 0 amide bonds. The topological polar surface area (TPSA) is 25.8 Å². The zero-order chi connectivity index (χ0) is 12.1. The predicted octanol–water partition coefficient (Wildman–Crippen LogP) is 3.99. The summed E-state index contributed by atoms with van der Waals surface area (Å²) < 4.78 is 0. The van der Waals surface area contributed by atoms with Crippen molar-refractivity contribution in [1.82, 2.24) is 9.97 Å². The number of aromatic nitrogens is 2. The van der Waals surface area contributed by atoms with Crippen LogP contribution in [0.2, 0.25) is 0 Å². The first-order valence-electron chi connectivity index (χ1n) is 5.43. The molecule has 88 valence electrons. The second-order valence-electron chi connectivity index (χ2n) is 3.51. The highest BCUT2D eigenvalue weighted by molar-refractivity contribution is 7.99. The van der Waals surface area contributed by atoms with E-state index >= 15 is 0 Å². The van der Waals surface area contributed by atoms with Crippen LogP contribution in [0.4, 0.5) is 0 Å². The lowest BCUT2D eigenvalue weighted by Gasteiger charge is -2.02. The van der Waals surface area contributed by atoms with E-state index in [9.17, 15) is 0 Å². The van der Waals surface area contributed by atoms with Gasteiger partial charge in [0.05, 0.1) is 5.88 Å². The van der Waals surface area contributed by atoms with Crippen molar-refractivity contribution >= 4 is 23.4 Å². The van der Waals surface area contributed by atoms with Crippen molar-refractivity contribution in [3.8, 4) is 11.4 Å². The van der Waals surface area contributed by atoms with E-state index in [-0.39, 0.29) is 0 Å². The van der Waals surface area contributed by atoms with Crippen molar-refractivity contribution in [3.05, 3.63) is 42.2 Å². The van der Waals surface area contributed by atoms with Gasteiger partial charge < -0.3 is 0 Å². The molecule has 0 aliphatic heterocycles. The molecule has 1 aromatic heterocycles. The minimum atomic E-state index is 0.451. The Hall–Kier alpha value is -1.06. The maximum absolute atomic E-state index is 5.70. The van der Waals surface area contributed by atoms with E-state index in [1.165, 1.54) is 4.90 Å². The summed E-state index contributed by atoms with van der Waals surface area (Å²) in [5.41, 5.74) is 1.97. The predicted molar refractivity (Wildman–Crippen MR) is 73.4 cm³/mol. The Bertz CT molecular complexity index is 468. The van der Waals surface area contributed by atoms with Gasteiger partial charge in [-0.3, -0.25) is 0 Å². The average molecular weight is 265 g/mol. The van der Waals surface area contributed by atoms with Gasteiger partial charge in [0.25, 0.3) is 0 Å². The van der Waals surface area contributed by atoms with Crippen LogP contribution in [0.5, 0.6) is 0 Å². The van der Waals surface area contributed by atoms with E-state index in [4.69, 9.17) is 11.6 Å². The summed E-state index contributed by atoms with van der Waals surface area (Å²) in [6, 6.07) is 8.30. The number of thioether (sulfide) groups is 1. The van der Waals surface area contributed by atoms with Gasteiger partial charge in [0.1, 0.15) is 0 Å². The molecule has 0 unspecified atom stereocenters. The first kappa shape index (κ1) is 12.4. The van der Waals surface area contributed by atoms with Gasteiger partial charge in [0, 0.05) is 28.4 Å². The highest BCUT2D eigenvalue weighted by atomic mass is 35.5. The third kappa shape index (κ3) is 3.20. The van der Waals surface area contributed by atoms with E-state index in [0.717, 1.165) is 22.7 Å². The van der Waals surface area contributed by atoms with Gasteiger partial charge in [-0.1, -0.05) is 19.1 Å². The normalized spacial score (nSPS) is 10.5. The molecule has 0 aliphatic rings. The number of hydrogen-bond donors (Lipinski definition) is 0. The van der Waals surface area contributed by atoms with E-state index in [1.807, 2.05) is 23.9 Å². The fraction of sp³-hybridized carbons (Fsp3) is 0.231. The molecule has 0 saturated heterocycles. The fourth-order valence-corrected chi connectivity index (χ4v) is 2.24. The molecule has 0 bridgehead atoms. The summed E-state index contributed by atoms with van der Waals surface area (Å²) in [4.78, 5) is 9.86. The molecule has 17 heavy (non-hydrogen) atoms. The number of alkyl halides is 1. The van der Waals surface area contributed by atoms with Crippen molar-refractivity contribution in [2.45, 2.75) is 17.7 Å². The maximum Gasteiger partial charge on any atom is 0.159 e. The Morgan fingerprint density at radius 1 is 1.12 bits per heavy atom. The summed E-state index contributed by atoms with van der Waals surface area (Å²) in [5.74, 6) is 2.28. The van der Waals surface area contributed by atoms with Gasteiger partial charge in [0.15, 0.2) is 5.82 Å². The van der Waals surface area contributed by atoms with Crippen LogP contribution in [-0.2, 0) is 5.88 Å². The van der Waals surface area contributed by atoms with E-state index < -0.39 is 0 Å². The second kappa shape index (κ2) is 6.03. The minimum absolute atomic E-state index is 0.451. The van der Waals surface area contributed by atoms with Crippen molar-refractivity contribution in [3.63, 3.8) is 0 Å². The number of halogens is 1. The molecule has 2 rings (SSSR count). The summed E-state index contributed by atoms with van der Waals surface area (Å²) in [7, 11) is 0. The first-order valence-corrected chi connectivity index (χ1v) is 6.95. The Labute approximate surface area is 110 Å². The Balaban J connectivity index is 2.20. The lowest BCUT2D eigenvalue weighted by molar-refractivity contribution is 1.12. The van der Waals surface area contributed by atoms with Gasteiger partial charge in [0.2, 0.25) is 0 Å². The Kier molecular flexibility index (Phi) is 4.40. The lowest BCUT2D eigenvalue weighted by Crippen LogP contribution is -1.90. The number of rotatable bonds is 4. The largest absolute Gasteiger partial charge is 0.236 e. The van der Waals surface area contributed by atoms with Crippen LogP contribution in [0.1, 0.15) is 12.5 Å². The number of nitrogens with zero attached hydrogens (tertiary/aromatic N) is 2. The smallest absolute Gasteiger partial charge is 0.159 e. The summed E-state index contributed by atoms with van der Waals surface area (Å²) in [5, 5.41) is 0. The SMILES string of the molecule is CCSc1ccc(-c2ncc(CCl)cn2)cc1. The van der Waals surface area contributed by atoms with Crippen LogP contribution in [-0.4, -0.2) is 15.7 Å². The van der Waals surface area contributed by atoms with E-state index in [2.05, 4.69) is 29.0 Å². The molecule has 0 aliphatic carbocycles. The molecule has 0 N–H and O–H groups in total. The van der Waals surface area contributed by atoms with Gasteiger partial charge >= 0.3 is 0 Å². The quantitative estimate of drug-likeness (QED) is 0.617. The van der Waals surface area contributed by atoms with Crippen molar-refractivity contribution in [2.24, 2.45) is 0 Å². The van der Waals surface area contributed by atoms with Gasteiger partial charge in [-0.15, -0.1) is 23.4 Å². The van der Waals surface area contributed by atoms with Crippen LogP contribution in [0.15, 0.2) is 41.6 Å². The molecule has 4 heteroatoms. The highest BCUT2D eigenvalue weighted by Crippen LogP contribution is 2.21. The van der Waals surface area contributed by atoms with Crippen LogP contribution in [0.25, 0.3) is 11.4 Å². The minimum Gasteiger partial charge on any atom is -0.236 e. The molecule has 1 heterocycles. The molecule has 2 nitrogen and oxygen atoms in total. The van der Waals surface area contributed by atoms with Crippen LogP contribution in [0, 0.1) is 0 Å². The average Bonchev–Trinajstić information content (AvgIpc) is 2.40. The summed E-state index contributed by atoms with van der Waals surface area (Å²) in [6.07, 6.45) is 3.54. The zero-order valence-corrected chi connectivity index (χ0v) is 11.1. The van der Waals surface area contributed by atoms with Gasteiger partial charge in [-0.2, -0.15) is 0 Å². The first-order chi connectivity index (χ1) is 8.33. The van der Waals surface area contributed by atoms with Crippen LogP contribution < -0.4 is 0 Å². The third-order valence-electron chi connectivity index (χ3n) is 2.28. The van der Waals surface area contributed by atoms with Crippen molar-refractivity contribution in [2.75, 3.05) is 5.75 Å². The molecule has 0 fully saturated rings. The monoisotopic (exact) mass is 264 g/mol. The van der Waals surface area contributed by atoms with Crippen molar-refractivity contribution < 1.29 is 0 Å². The van der Waals surface area contributed by atoms with E-state index in [1.54, 1.807) is 12.4 Å². The zero-order valence-electron chi connectivity index (χ0n) is 9.56. The molecule has 0 radical (unpaired) electrons. The summed E-state index contributed by atoms with van der Waals surface area (Å²) >= 11 is 7.53. The lowest BCUT2D eigenvalue weighted by atomic mass is 10.2. The van der Waals surface area contributed by atoms with Crippen LogP contribution >= 0.6 is 23.4 Å². The molecular formula is C13H13ClN2S. The maximum atomic E-state index is 5.70. The van der Waals surface area contributed by atoms with E-state index in [0.29, 0.717) is 5.88 Å². The second-order valence-corrected chi connectivity index (χ2v) is 5.11. The van der Waals surface area contributed by atoms with Crippen LogP contribution in [0.3, 0.4) is 0 Å². The molecule has 2 aromatic rings.